The third-order valence-corrected chi connectivity index (χ3v) is 3.68. The third-order valence-electron chi connectivity index (χ3n) is 3.68. The predicted octanol–water partition coefficient (Wildman–Crippen LogP) is 0.767. The molecule has 2 heterocycles. The molecule has 0 aromatic heterocycles. The summed E-state index contributed by atoms with van der Waals surface area (Å²) in [7, 11) is 0. The van der Waals surface area contributed by atoms with E-state index in [1.54, 1.807) is 6.07 Å². The Labute approximate surface area is 116 Å². The maximum absolute atomic E-state index is 11.4. The number of hydrogen-bond donors (Lipinski definition) is 3. The zero-order valence-corrected chi connectivity index (χ0v) is 10.9. The van der Waals surface area contributed by atoms with E-state index < -0.39 is 11.6 Å². The second kappa shape index (κ2) is 4.79. The van der Waals surface area contributed by atoms with E-state index in [0.29, 0.717) is 25.3 Å². The van der Waals surface area contributed by atoms with Gasteiger partial charge in [-0.2, -0.15) is 0 Å². The Morgan fingerprint density at radius 3 is 2.80 bits per heavy atom. The van der Waals surface area contributed by atoms with Crippen molar-refractivity contribution in [2.45, 2.75) is 24.9 Å². The first kappa shape index (κ1) is 12.9. The van der Waals surface area contributed by atoms with Gasteiger partial charge in [0.2, 0.25) is 5.91 Å². The van der Waals surface area contributed by atoms with E-state index in [4.69, 9.17) is 9.84 Å². The maximum Gasteiger partial charge on any atom is 0.307 e. The number of nitrogens with one attached hydrogen (secondary N) is 2. The van der Waals surface area contributed by atoms with E-state index >= 15 is 0 Å². The summed E-state index contributed by atoms with van der Waals surface area (Å²) >= 11 is 0. The first-order valence-electron chi connectivity index (χ1n) is 6.61. The van der Waals surface area contributed by atoms with Gasteiger partial charge >= 0.3 is 5.97 Å². The summed E-state index contributed by atoms with van der Waals surface area (Å²) in [4.78, 5) is 22.3. The van der Waals surface area contributed by atoms with Crippen LogP contribution in [0, 0.1) is 0 Å². The second-order valence-corrected chi connectivity index (χ2v) is 5.33. The highest BCUT2D eigenvalue weighted by Gasteiger charge is 2.41. The van der Waals surface area contributed by atoms with Crippen molar-refractivity contribution < 1.29 is 19.4 Å². The minimum atomic E-state index is -0.877. The molecular formula is C14H16N2O4. The van der Waals surface area contributed by atoms with Crippen molar-refractivity contribution in [3.8, 4) is 5.75 Å². The molecule has 0 unspecified atom stereocenters. The Hall–Kier alpha value is -2.08. The maximum atomic E-state index is 11.4. The molecule has 1 aromatic rings. The van der Waals surface area contributed by atoms with Crippen LogP contribution in [0.15, 0.2) is 18.2 Å². The average Bonchev–Trinajstić information content (AvgIpc) is 2.35. The van der Waals surface area contributed by atoms with Crippen LogP contribution < -0.4 is 15.4 Å². The number of rotatable bonds is 4. The Morgan fingerprint density at radius 2 is 2.15 bits per heavy atom. The third kappa shape index (κ3) is 2.46. The quantitative estimate of drug-likeness (QED) is 0.756. The van der Waals surface area contributed by atoms with Crippen LogP contribution in [0.5, 0.6) is 5.75 Å². The van der Waals surface area contributed by atoms with Crippen molar-refractivity contribution in [1.29, 1.82) is 0 Å². The van der Waals surface area contributed by atoms with Gasteiger partial charge in [0.1, 0.15) is 11.4 Å². The minimum absolute atomic E-state index is 0.000195. The molecule has 0 radical (unpaired) electrons. The van der Waals surface area contributed by atoms with Crippen LogP contribution >= 0.6 is 0 Å². The summed E-state index contributed by atoms with van der Waals surface area (Å²) in [6.45, 7) is 1.03. The Kier molecular flexibility index (Phi) is 3.10. The van der Waals surface area contributed by atoms with Gasteiger partial charge in [-0.05, 0) is 18.1 Å². The smallest absolute Gasteiger partial charge is 0.307 e. The van der Waals surface area contributed by atoms with E-state index in [1.165, 1.54) is 0 Å². The van der Waals surface area contributed by atoms with Gasteiger partial charge < -0.3 is 20.5 Å². The summed E-state index contributed by atoms with van der Waals surface area (Å²) in [5.74, 6) is -0.285. The van der Waals surface area contributed by atoms with Gasteiger partial charge in [0.15, 0.2) is 0 Å². The van der Waals surface area contributed by atoms with E-state index in [1.807, 2.05) is 12.1 Å². The molecule has 0 atom stereocenters. The molecule has 6 heteroatoms. The zero-order valence-electron chi connectivity index (χ0n) is 10.9. The van der Waals surface area contributed by atoms with E-state index in [9.17, 15) is 9.59 Å². The van der Waals surface area contributed by atoms with Crippen molar-refractivity contribution in [3.63, 3.8) is 0 Å². The fraction of sp³-hybridized carbons (Fsp3) is 0.429. The van der Waals surface area contributed by atoms with E-state index in [-0.39, 0.29) is 12.3 Å². The molecule has 20 heavy (non-hydrogen) atoms. The summed E-state index contributed by atoms with van der Waals surface area (Å²) in [6, 6.07) is 5.53. The number of anilines is 1. The molecule has 0 saturated carbocycles. The Balaban J connectivity index is 1.79. The number of fused-ring (bicyclic) bond motifs is 1. The van der Waals surface area contributed by atoms with Crippen LogP contribution in [0.4, 0.5) is 5.69 Å². The van der Waals surface area contributed by atoms with Gasteiger partial charge in [-0.1, -0.05) is 6.07 Å². The molecule has 1 saturated heterocycles. The normalized spacial score (nSPS) is 19.5. The number of amides is 1. The van der Waals surface area contributed by atoms with Gasteiger partial charge in [-0.3, -0.25) is 9.59 Å². The number of carboxylic acids is 1. The topological polar surface area (TPSA) is 87.7 Å². The van der Waals surface area contributed by atoms with Gasteiger partial charge in [-0.25, -0.2) is 0 Å². The number of aliphatic carboxylic acids is 1. The van der Waals surface area contributed by atoms with Crippen LogP contribution in [-0.2, 0) is 16.0 Å². The first-order chi connectivity index (χ1) is 9.56. The van der Waals surface area contributed by atoms with Crippen LogP contribution in [-0.4, -0.2) is 35.7 Å². The van der Waals surface area contributed by atoms with Crippen LogP contribution in [0.1, 0.15) is 18.4 Å². The number of carbonyl (C=O) groups is 2. The highest BCUT2D eigenvalue weighted by Crippen LogP contribution is 2.31. The predicted molar refractivity (Wildman–Crippen MR) is 71.9 cm³/mol. The Morgan fingerprint density at radius 1 is 1.35 bits per heavy atom. The lowest BCUT2D eigenvalue weighted by atomic mass is 9.92. The fourth-order valence-corrected chi connectivity index (χ4v) is 2.58. The average molecular weight is 276 g/mol. The van der Waals surface area contributed by atoms with Crippen molar-refractivity contribution in [3.05, 3.63) is 23.8 Å². The van der Waals surface area contributed by atoms with E-state index in [0.717, 1.165) is 17.7 Å². The summed E-state index contributed by atoms with van der Waals surface area (Å²) in [5, 5.41) is 14.8. The Bertz CT molecular complexity index is 566. The lowest BCUT2D eigenvalue weighted by Crippen LogP contribution is -2.64. The molecule has 0 bridgehead atoms. The molecule has 6 nitrogen and oxygen atoms in total. The van der Waals surface area contributed by atoms with Crippen LogP contribution in [0.3, 0.4) is 0 Å². The number of ether oxygens (including phenoxy) is 1. The number of benzene rings is 1. The SMILES string of the molecule is O=C(O)CC1(Oc2ccc3c(c2)NC(=O)CC3)CNC1. The van der Waals surface area contributed by atoms with Gasteiger partial charge in [0.25, 0.3) is 0 Å². The second-order valence-electron chi connectivity index (χ2n) is 5.33. The lowest BCUT2D eigenvalue weighted by Gasteiger charge is -2.41. The first-order valence-corrected chi connectivity index (χ1v) is 6.61. The number of carboxylic acid groups (broad SMARTS) is 1. The van der Waals surface area contributed by atoms with Crippen molar-refractivity contribution >= 4 is 17.6 Å². The summed E-state index contributed by atoms with van der Waals surface area (Å²) in [6.07, 6.45) is 1.19. The van der Waals surface area contributed by atoms with Gasteiger partial charge in [0, 0.05) is 31.3 Å². The van der Waals surface area contributed by atoms with Crippen LogP contribution in [0.2, 0.25) is 0 Å². The van der Waals surface area contributed by atoms with E-state index in [2.05, 4.69) is 10.6 Å². The molecule has 0 aliphatic carbocycles. The van der Waals surface area contributed by atoms with Gasteiger partial charge in [-0.15, -0.1) is 0 Å². The molecule has 0 spiro atoms. The molecular weight excluding hydrogens is 260 g/mol. The summed E-state index contributed by atoms with van der Waals surface area (Å²) in [5.41, 5.74) is 1.16. The number of hydrogen-bond acceptors (Lipinski definition) is 4. The highest BCUT2D eigenvalue weighted by atomic mass is 16.5. The van der Waals surface area contributed by atoms with Crippen LogP contribution in [0.25, 0.3) is 0 Å². The minimum Gasteiger partial charge on any atom is -0.484 e. The highest BCUT2D eigenvalue weighted by molar-refractivity contribution is 5.94. The molecule has 1 aromatic carbocycles. The largest absolute Gasteiger partial charge is 0.484 e. The zero-order chi connectivity index (χ0) is 14.2. The summed E-state index contributed by atoms with van der Waals surface area (Å²) < 4.78 is 5.86. The molecule has 2 aliphatic heterocycles. The molecule has 1 amide bonds. The number of carbonyl (C=O) groups excluding carboxylic acids is 1. The van der Waals surface area contributed by atoms with Gasteiger partial charge in [0.05, 0.1) is 6.42 Å². The van der Waals surface area contributed by atoms with Crippen molar-refractivity contribution in [2.75, 3.05) is 18.4 Å². The molecule has 2 aliphatic rings. The van der Waals surface area contributed by atoms with Crippen molar-refractivity contribution in [1.82, 2.24) is 5.32 Å². The standard InChI is InChI=1S/C14H16N2O4/c17-12-4-2-9-1-3-10(5-11(9)16-12)20-14(6-13(18)19)7-15-8-14/h1,3,5,15H,2,4,6-8H2,(H,16,17)(H,18,19). The molecule has 106 valence electrons. The molecule has 3 N–H and O–H groups in total. The number of aryl methyl sites for hydroxylation is 1. The van der Waals surface area contributed by atoms with Crippen molar-refractivity contribution in [2.24, 2.45) is 0 Å². The molecule has 3 rings (SSSR count). The monoisotopic (exact) mass is 276 g/mol. The lowest BCUT2D eigenvalue weighted by molar-refractivity contribution is -0.143. The fourth-order valence-electron chi connectivity index (χ4n) is 2.58. The molecule has 1 fully saturated rings.